The highest BCUT2D eigenvalue weighted by Gasteiger charge is 2.22. The zero-order chi connectivity index (χ0) is 12.9. The summed E-state index contributed by atoms with van der Waals surface area (Å²) >= 11 is 3.81. The first-order valence-corrected chi connectivity index (χ1v) is 6.59. The maximum absolute atomic E-state index is 11.3. The summed E-state index contributed by atoms with van der Waals surface area (Å²) in [6.45, 7) is -0.0378. The molecule has 1 N–H and O–H groups in total. The molecule has 0 amide bonds. The predicted octanol–water partition coefficient (Wildman–Crippen LogP) is 2.02. The lowest BCUT2D eigenvalue weighted by Gasteiger charge is -2.11. The summed E-state index contributed by atoms with van der Waals surface area (Å²) in [5.74, 6) is 0.286. The topological polar surface area (TPSA) is 98.9 Å². The van der Waals surface area contributed by atoms with Gasteiger partial charge >= 0.3 is 7.82 Å². The van der Waals surface area contributed by atoms with Crippen molar-refractivity contribution in [2.75, 3.05) is 12.4 Å². The van der Waals surface area contributed by atoms with Crippen LogP contribution in [0.5, 0.6) is 5.75 Å². The van der Waals surface area contributed by atoms with Crippen molar-refractivity contribution >= 4 is 26.1 Å². The number of rotatable bonds is 6. The second-order valence-corrected chi connectivity index (χ2v) is 4.69. The van der Waals surface area contributed by atoms with Gasteiger partial charge in [0.05, 0.1) is 11.5 Å². The third-order valence-electron chi connectivity index (χ3n) is 1.61. The summed E-state index contributed by atoms with van der Waals surface area (Å²) in [6.07, 6.45) is 0. The van der Waals surface area contributed by atoms with E-state index in [1.165, 1.54) is 12.1 Å². The van der Waals surface area contributed by atoms with Gasteiger partial charge in [0.25, 0.3) is 5.69 Å². The van der Waals surface area contributed by atoms with E-state index >= 15 is 0 Å². The van der Waals surface area contributed by atoms with Gasteiger partial charge in [-0.05, 0) is 12.1 Å². The molecular weight excluding hydrogens is 269 g/mol. The third-order valence-corrected chi connectivity index (χ3v) is 2.75. The molecule has 9 heteroatoms. The lowest BCUT2D eigenvalue weighted by atomic mass is 10.3. The molecular formula is C8H10NO6PS. The van der Waals surface area contributed by atoms with Crippen LogP contribution in [0.2, 0.25) is 0 Å². The van der Waals surface area contributed by atoms with Crippen molar-refractivity contribution in [2.45, 2.75) is 0 Å². The molecule has 0 saturated carbocycles. The minimum absolute atomic E-state index is 0.0144. The first-order valence-electron chi connectivity index (χ1n) is 4.47. The highest BCUT2D eigenvalue weighted by atomic mass is 32.1. The number of thiol groups is 1. The van der Waals surface area contributed by atoms with Crippen molar-refractivity contribution < 1.29 is 23.4 Å². The highest BCUT2D eigenvalue weighted by molar-refractivity contribution is 7.80. The van der Waals surface area contributed by atoms with E-state index in [0.29, 0.717) is 0 Å². The van der Waals surface area contributed by atoms with Crippen LogP contribution in [0.1, 0.15) is 0 Å². The Morgan fingerprint density at radius 2 is 2.00 bits per heavy atom. The molecule has 0 aliphatic heterocycles. The summed E-state index contributed by atoms with van der Waals surface area (Å²) < 4.78 is 20.5. The first-order chi connectivity index (χ1) is 7.94. The molecule has 1 aromatic rings. The Labute approximate surface area is 103 Å². The highest BCUT2D eigenvalue weighted by Crippen LogP contribution is 2.43. The van der Waals surface area contributed by atoms with Gasteiger partial charge in [-0.2, -0.15) is 12.6 Å². The second kappa shape index (κ2) is 6.02. The van der Waals surface area contributed by atoms with Crippen molar-refractivity contribution in [3.63, 3.8) is 0 Å². The quantitative estimate of drug-likeness (QED) is 0.358. The zero-order valence-electron chi connectivity index (χ0n) is 8.55. The minimum Gasteiger partial charge on any atom is -0.404 e. The number of hydrogen-bond acceptors (Lipinski definition) is 6. The number of nitrogens with zero attached hydrogens (tertiary/aromatic N) is 1. The van der Waals surface area contributed by atoms with E-state index in [0.717, 1.165) is 12.1 Å². The van der Waals surface area contributed by atoms with Gasteiger partial charge in [0.2, 0.25) is 0 Å². The van der Waals surface area contributed by atoms with Crippen LogP contribution in [0, 0.1) is 10.1 Å². The van der Waals surface area contributed by atoms with E-state index in [1.807, 2.05) is 0 Å². The number of nitro benzene ring substituents is 1. The van der Waals surface area contributed by atoms with E-state index in [4.69, 9.17) is 0 Å². The second-order valence-electron chi connectivity index (χ2n) is 2.87. The maximum Gasteiger partial charge on any atom is 0.527 e. The van der Waals surface area contributed by atoms with E-state index in [9.17, 15) is 19.6 Å². The standard InChI is InChI=1S/C8H10NO6PS/c10-9(11)7-1-3-8(4-2-7)15-16(12,13)14-5-6-17/h1-4,17H,5-6H2,(H,12,13). The number of benzene rings is 1. The number of nitro groups is 1. The number of phosphoric acid groups is 1. The van der Waals surface area contributed by atoms with Gasteiger partial charge in [0.15, 0.2) is 0 Å². The van der Waals surface area contributed by atoms with Crippen LogP contribution in [0.15, 0.2) is 24.3 Å². The molecule has 0 spiro atoms. The van der Waals surface area contributed by atoms with Crippen LogP contribution in [-0.4, -0.2) is 22.2 Å². The van der Waals surface area contributed by atoms with E-state index in [2.05, 4.69) is 21.7 Å². The minimum atomic E-state index is -4.19. The average molecular weight is 279 g/mol. The van der Waals surface area contributed by atoms with Crippen LogP contribution in [0.3, 0.4) is 0 Å². The lowest BCUT2D eigenvalue weighted by Crippen LogP contribution is -1.99. The molecule has 17 heavy (non-hydrogen) atoms. The van der Waals surface area contributed by atoms with Crippen LogP contribution in [0.25, 0.3) is 0 Å². The third kappa shape index (κ3) is 4.74. The van der Waals surface area contributed by atoms with Crippen LogP contribution in [0.4, 0.5) is 5.69 Å². The largest absolute Gasteiger partial charge is 0.527 e. The summed E-state index contributed by atoms with van der Waals surface area (Å²) in [4.78, 5) is 19.0. The van der Waals surface area contributed by atoms with Crippen molar-refractivity contribution in [1.29, 1.82) is 0 Å². The summed E-state index contributed by atoms with van der Waals surface area (Å²) in [5.41, 5.74) is -0.138. The Balaban J connectivity index is 2.68. The Hall–Kier alpha value is -1.08. The molecule has 1 atom stereocenters. The fourth-order valence-corrected chi connectivity index (χ4v) is 1.94. The van der Waals surface area contributed by atoms with E-state index in [1.54, 1.807) is 0 Å². The number of phosphoric ester groups is 1. The fourth-order valence-electron chi connectivity index (χ4n) is 0.944. The number of hydrogen-bond donors (Lipinski definition) is 2. The van der Waals surface area contributed by atoms with Crippen molar-refractivity contribution in [1.82, 2.24) is 0 Å². The van der Waals surface area contributed by atoms with Gasteiger partial charge in [0, 0.05) is 17.9 Å². The normalized spacial score (nSPS) is 14.0. The van der Waals surface area contributed by atoms with E-state index in [-0.39, 0.29) is 23.8 Å². The monoisotopic (exact) mass is 279 g/mol. The van der Waals surface area contributed by atoms with Gasteiger partial charge in [-0.3, -0.25) is 19.5 Å². The SMILES string of the molecule is O=[N+]([O-])c1ccc(OP(=O)(O)OCCS)cc1. The molecule has 0 heterocycles. The van der Waals surface area contributed by atoms with Gasteiger partial charge in [-0.25, -0.2) is 4.57 Å². The molecule has 1 aromatic carbocycles. The Bertz CT molecular complexity index is 436. The van der Waals surface area contributed by atoms with Gasteiger partial charge < -0.3 is 4.52 Å². The van der Waals surface area contributed by atoms with E-state index < -0.39 is 12.7 Å². The van der Waals surface area contributed by atoms with Gasteiger partial charge in [-0.15, -0.1) is 0 Å². The van der Waals surface area contributed by atoms with Crippen molar-refractivity contribution in [3.8, 4) is 5.75 Å². The van der Waals surface area contributed by atoms with Crippen LogP contribution >= 0.6 is 20.5 Å². The van der Waals surface area contributed by atoms with Crippen molar-refractivity contribution in [2.24, 2.45) is 0 Å². The molecule has 0 aliphatic carbocycles. The zero-order valence-corrected chi connectivity index (χ0v) is 10.3. The molecule has 0 fully saturated rings. The van der Waals surface area contributed by atoms with Crippen LogP contribution < -0.4 is 4.52 Å². The molecule has 1 unspecified atom stereocenters. The molecule has 94 valence electrons. The first kappa shape index (κ1) is 14.0. The van der Waals surface area contributed by atoms with Gasteiger partial charge in [-0.1, -0.05) is 0 Å². The molecule has 0 bridgehead atoms. The molecule has 0 aromatic heterocycles. The summed E-state index contributed by atoms with van der Waals surface area (Å²) in [5, 5.41) is 10.4. The fraction of sp³-hybridized carbons (Fsp3) is 0.250. The average Bonchev–Trinajstić information content (AvgIpc) is 2.26. The lowest BCUT2D eigenvalue weighted by molar-refractivity contribution is -0.384. The molecule has 0 radical (unpaired) electrons. The summed E-state index contributed by atoms with van der Waals surface area (Å²) in [7, 11) is -4.19. The predicted molar refractivity (Wildman–Crippen MR) is 63.4 cm³/mol. The Kier molecular flexibility index (Phi) is 4.95. The smallest absolute Gasteiger partial charge is 0.404 e. The number of non-ortho nitro benzene ring substituents is 1. The van der Waals surface area contributed by atoms with Gasteiger partial charge in [0.1, 0.15) is 5.75 Å². The molecule has 7 nitrogen and oxygen atoms in total. The molecule has 0 aliphatic rings. The van der Waals surface area contributed by atoms with Crippen molar-refractivity contribution in [3.05, 3.63) is 34.4 Å². The molecule has 0 saturated heterocycles. The summed E-state index contributed by atoms with van der Waals surface area (Å²) in [6, 6.07) is 4.75. The Morgan fingerprint density at radius 3 is 2.47 bits per heavy atom. The Morgan fingerprint density at radius 1 is 1.41 bits per heavy atom. The maximum atomic E-state index is 11.3. The van der Waals surface area contributed by atoms with Crippen LogP contribution in [-0.2, 0) is 9.09 Å². The molecule has 1 rings (SSSR count).